The van der Waals surface area contributed by atoms with Crippen molar-refractivity contribution in [2.45, 2.75) is 26.4 Å². The zero-order valence-corrected chi connectivity index (χ0v) is 18.2. The third kappa shape index (κ3) is 4.62. The summed E-state index contributed by atoms with van der Waals surface area (Å²) in [5, 5.41) is 3.17. The zero-order valence-electron chi connectivity index (χ0n) is 17.5. The van der Waals surface area contributed by atoms with Crippen LogP contribution in [0.25, 0.3) is 0 Å². The summed E-state index contributed by atoms with van der Waals surface area (Å²) in [6.45, 7) is 4.81. The van der Waals surface area contributed by atoms with Crippen LogP contribution in [0.4, 0.5) is 5.69 Å². The lowest BCUT2D eigenvalue weighted by Crippen LogP contribution is -2.29. The normalized spacial score (nSPS) is 15.8. The molecule has 1 heterocycles. The lowest BCUT2D eigenvalue weighted by molar-refractivity contribution is -0.132. The third-order valence-electron chi connectivity index (χ3n) is 4.88. The Labute approximate surface area is 180 Å². The molecule has 0 unspecified atom stereocenters. The van der Waals surface area contributed by atoms with E-state index in [2.05, 4.69) is 5.32 Å². The quantitative estimate of drug-likeness (QED) is 0.717. The van der Waals surface area contributed by atoms with E-state index in [1.165, 1.54) is 7.11 Å². The van der Waals surface area contributed by atoms with Crippen molar-refractivity contribution < 1.29 is 23.8 Å². The van der Waals surface area contributed by atoms with Crippen molar-refractivity contribution >= 4 is 29.1 Å². The fraction of sp³-hybridized carbons (Fsp3) is 0.364. The van der Waals surface area contributed by atoms with E-state index in [0.717, 1.165) is 5.56 Å². The lowest BCUT2D eigenvalue weighted by atomic mass is 10.1. The summed E-state index contributed by atoms with van der Waals surface area (Å²) in [6.07, 6.45) is 0.195. The molecule has 2 amide bonds. The van der Waals surface area contributed by atoms with Crippen LogP contribution >= 0.6 is 11.6 Å². The molecule has 1 aliphatic rings. The highest BCUT2D eigenvalue weighted by Gasteiger charge is 2.30. The van der Waals surface area contributed by atoms with Gasteiger partial charge in [-0.3, -0.25) is 9.59 Å². The minimum atomic E-state index is -0.465. The van der Waals surface area contributed by atoms with Crippen LogP contribution in [0.5, 0.6) is 17.2 Å². The van der Waals surface area contributed by atoms with Crippen LogP contribution in [0.3, 0.4) is 0 Å². The predicted octanol–water partition coefficient (Wildman–Crippen LogP) is 3.92. The molecule has 0 bridgehead atoms. The predicted molar refractivity (Wildman–Crippen MR) is 115 cm³/mol. The topological polar surface area (TPSA) is 77.1 Å². The Kier molecular flexibility index (Phi) is 6.72. The molecule has 1 fully saturated rings. The molecule has 1 atom stereocenters. The van der Waals surface area contributed by atoms with Gasteiger partial charge in [-0.1, -0.05) is 11.6 Å². The van der Waals surface area contributed by atoms with Crippen molar-refractivity contribution in [2.75, 3.05) is 32.6 Å². The maximum absolute atomic E-state index is 12.8. The van der Waals surface area contributed by atoms with Gasteiger partial charge in [-0.15, -0.1) is 0 Å². The van der Waals surface area contributed by atoms with Gasteiger partial charge in [0.25, 0.3) is 11.8 Å². The number of nitrogens with zero attached hydrogens (tertiary/aromatic N) is 1. The largest absolute Gasteiger partial charge is 0.493 e. The van der Waals surface area contributed by atoms with Crippen LogP contribution in [0.2, 0.25) is 5.02 Å². The Morgan fingerprint density at radius 1 is 1.30 bits per heavy atom. The molecule has 1 aliphatic heterocycles. The number of likely N-dealkylation sites (tertiary alicyclic amines) is 1. The van der Waals surface area contributed by atoms with Crippen molar-refractivity contribution in [1.82, 2.24) is 4.90 Å². The van der Waals surface area contributed by atoms with Gasteiger partial charge in [-0.25, -0.2) is 0 Å². The van der Waals surface area contributed by atoms with Crippen LogP contribution < -0.4 is 19.5 Å². The molecule has 2 aromatic rings. The summed E-state index contributed by atoms with van der Waals surface area (Å²) in [5.41, 5.74) is 1.79. The number of aryl methyl sites for hydroxylation is 1. The number of nitrogens with one attached hydrogen (secondary N) is 1. The summed E-state index contributed by atoms with van der Waals surface area (Å²) in [6, 6.07) is 8.41. The van der Waals surface area contributed by atoms with Gasteiger partial charge in [0.1, 0.15) is 5.75 Å². The number of hydrogen-bond donors (Lipinski definition) is 1. The van der Waals surface area contributed by atoms with E-state index in [1.807, 2.05) is 13.8 Å². The molecule has 0 saturated carbocycles. The van der Waals surface area contributed by atoms with Crippen molar-refractivity contribution in [3.8, 4) is 17.2 Å². The van der Waals surface area contributed by atoms with Crippen LogP contribution in [0.1, 0.15) is 29.3 Å². The molecule has 0 spiro atoms. The summed E-state index contributed by atoms with van der Waals surface area (Å²) in [7, 11) is 3.25. The van der Waals surface area contributed by atoms with Gasteiger partial charge in [0.15, 0.2) is 17.6 Å². The van der Waals surface area contributed by atoms with Gasteiger partial charge in [-0.05, 0) is 49.7 Å². The minimum absolute atomic E-state index is 0.0219. The van der Waals surface area contributed by atoms with Crippen molar-refractivity contribution in [2.24, 2.45) is 0 Å². The van der Waals surface area contributed by atoms with Gasteiger partial charge in [0, 0.05) is 31.3 Å². The Bertz CT molecular complexity index is 963. The lowest BCUT2D eigenvalue weighted by Gasteiger charge is -2.16. The number of ether oxygens (including phenoxy) is 3. The number of likely N-dealkylation sites (N-methyl/N-ethyl adjacent to an activating group) is 1. The molecule has 1 saturated heterocycles. The summed E-state index contributed by atoms with van der Waals surface area (Å²) in [5.74, 6) is 1.03. The van der Waals surface area contributed by atoms with E-state index in [0.29, 0.717) is 53.1 Å². The molecule has 8 heteroatoms. The first-order valence-corrected chi connectivity index (χ1v) is 10.1. The van der Waals surface area contributed by atoms with Crippen LogP contribution in [-0.2, 0) is 4.79 Å². The SMILES string of the molecule is CCOc1c(Cl)cc(C(=O)Nc2ccc(O[C@H]3CCN(C)C3=O)cc2C)cc1OC. The molecule has 160 valence electrons. The van der Waals surface area contributed by atoms with E-state index in [9.17, 15) is 9.59 Å². The first-order chi connectivity index (χ1) is 14.3. The molecule has 3 rings (SSSR count). The smallest absolute Gasteiger partial charge is 0.263 e. The number of amides is 2. The summed E-state index contributed by atoms with van der Waals surface area (Å²) >= 11 is 6.26. The van der Waals surface area contributed by atoms with Crippen LogP contribution in [0.15, 0.2) is 30.3 Å². The third-order valence-corrected chi connectivity index (χ3v) is 5.16. The van der Waals surface area contributed by atoms with E-state index in [-0.39, 0.29) is 11.8 Å². The fourth-order valence-electron chi connectivity index (χ4n) is 3.24. The second-order valence-electron chi connectivity index (χ2n) is 7.01. The molecule has 1 N–H and O–H groups in total. The molecule has 0 radical (unpaired) electrons. The van der Waals surface area contributed by atoms with Gasteiger partial charge < -0.3 is 24.4 Å². The van der Waals surface area contributed by atoms with E-state index in [4.69, 9.17) is 25.8 Å². The second-order valence-corrected chi connectivity index (χ2v) is 7.42. The Morgan fingerprint density at radius 3 is 2.67 bits per heavy atom. The molecule has 30 heavy (non-hydrogen) atoms. The second kappa shape index (κ2) is 9.26. The van der Waals surface area contributed by atoms with Crippen molar-refractivity contribution in [3.05, 3.63) is 46.5 Å². The molecular weight excluding hydrogens is 408 g/mol. The standard InChI is InChI=1S/C22H25ClN2O5/c1-5-29-20-16(23)11-14(12-19(20)28-4)21(26)24-17-7-6-15(10-13(17)2)30-18-8-9-25(3)22(18)27/h6-7,10-12,18H,5,8-9H2,1-4H3,(H,24,26)/t18-/m0/s1. The summed E-state index contributed by atoms with van der Waals surface area (Å²) < 4.78 is 16.6. The monoisotopic (exact) mass is 432 g/mol. The number of anilines is 1. The van der Waals surface area contributed by atoms with E-state index < -0.39 is 6.10 Å². The molecule has 2 aromatic carbocycles. The number of carbonyl (C=O) groups is 2. The van der Waals surface area contributed by atoms with Gasteiger partial charge in [0.2, 0.25) is 0 Å². The zero-order chi connectivity index (χ0) is 21.8. The van der Waals surface area contributed by atoms with E-state index in [1.54, 1.807) is 42.3 Å². The number of hydrogen-bond acceptors (Lipinski definition) is 5. The van der Waals surface area contributed by atoms with Gasteiger partial charge in [-0.2, -0.15) is 0 Å². The van der Waals surface area contributed by atoms with Crippen molar-refractivity contribution in [3.63, 3.8) is 0 Å². The molecular formula is C22H25ClN2O5. The highest BCUT2D eigenvalue weighted by Crippen LogP contribution is 2.36. The average Bonchev–Trinajstić information content (AvgIpc) is 3.03. The van der Waals surface area contributed by atoms with Crippen LogP contribution in [0, 0.1) is 6.92 Å². The molecule has 0 aromatic heterocycles. The van der Waals surface area contributed by atoms with E-state index >= 15 is 0 Å². The Morgan fingerprint density at radius 2 is 2.07 bits per heavy atom. The first kappa shape index (κ1) is 21.8. The first-order valence-electron chi connectivity index (χ1n) is 9.68. The number of halogens is 1. The number of benzene rings is 2. The maximum atomic E-state index is 12.8. The number of rotatable bonds is 7. The van der Waals surface area contributed by atoms with Crippen LogP contribution in [-0.4, -0.2) is 50.1 Å². The van der Waals surface area contributed by atoms with Crippen molar-refractivity contribution in [1.29, 1.82) is 0 Å². The molecule has 0 aliphatic carbocycles. The fourth-order valence-corrected chi connectivity index (χ4v) is 3.51. The van der Waals surface area contributed by atoms with Gasteiger partial charge >= 0.3 is 0 Å². The minimum Gasteiger partial charge on any atom is -0.493 e. The van der Waals surface area contributed by atoms with Gasteiger partial charge in [0.05, 0.1) is 18.7 Å². The highest BCUT2D eigenvalue weighted by atomic mass is 35.5. The molecule has 7 nitrogen and oxygen atoms in total. The Balaban J connectivity index is 1.74. The number of methoxy groups -OCH3 is 1. The average molecular weight is 433 g/mol. The highest BCUT2D eigenvalue weighted by molar-refractivity contribution is 6.32. The summed E-state index contributed by atoms with van der Waals surface area (Å²) in [4.78, 5) is 26.4. The number of carbonyl (C=O) groups excluding carboxylic acids is 2. The Hall–Kier alpha value is -2.93. The maximum Gasteiger partial charge on any atom is 0.263 e.